The monoisotopic (exact) mass is 491 g/mol. The van der Waals surface area contributed by atoms with Crippen LogP contribution >= 0.6 is 11.6 Å². The summed E-state index contributed by atoms with van der Waals surface area (Å²) in [5.41, 5.74) is 1.48. The smallest absolute Gasteiger partial charge is 0.315 e. The topological polar surface area (TPSA) is 83.4 Å². The standard InChI is InChI=1S/C28H30ClN3O3/c29-20-6-7-22-25(12-20)32(21-4-2-1-3-5-21)16-19(26(22)33)15-30-27(34)31-24-8-9-28(35)13-17-10-18(14-28)23(24)11-17/h1-7,12,16-18,23-24,35H,8-11,13-15H2,(H2,30,31,34)/t17-,18?,23+,24?,28?/m1/s1. The molecule has 1 aromatic heterocycles. The minimum absolute atomic E-state index is 0.0686. The number of para-hydroxylation sites is 1. The van der Waals surface area contributed by atoms with Crippen LogP contribution in [0, 0.1) is 17.8 Å². The Hall–Kier alpha value is -2.83. The third kappa shape index (κ3) is 4.23. The molecule has 0 saturated heterocycles. The Labute approximate surface area is 209 Å². The van der Waals surface area contributed by atoms with Gasteiger partial charge in [-0.1, -0.05) is 29.8 Å². The highest BCUT2D eigenvalue weighted by Gasteiger charge is 2.52. The van der Waals surface area contributed by atoms with Crippen molar-refractivity contribution in [2.24, 2.45) is 17.8 Å². The molecule has 3 N–H and O–H groups in total. The molecule has 5 atom stereocenters. The van der Waals surface area contributed by atoms with Gasteiger partial charge >= 0.3 is 6.03 Å². The molecule has 1 heterocycles. The van der Waals surface area contributed by atoms with E-state index in [2.05, 4.69) is 10.6 Å². The van der Waals surface area contributed by atoms with Crippen LogP contribution in [0.1, 0.15) is 44.1 Å². The number of nitrogens with one attached hydrogen (secondary N) is 2. The van der Waals surface area contributed by atoms with Crippen LogP contribution in [0.2, 0.25) is 5.02 Å². The van der Waals surface area contributed by atoms with Crippen LogP contribution < -0.4 is 16.1 Å². The highest BCUT2D eigenvalue weighted by atomic mass is 35.5. The number of carbonyl (C=O) groups is 1. The number of rotatable bonds is 4. The number of aromatic nitrogens is 1. The SMILES string of the molecule is O=C(NCc1cn(-c2ccccc2)c2cc(Cl)ccc2c1=O)NC1CCC2(O)CC3C[C@H](C[C@@H]31)C2. The number of urea groups is 1. The van der Waals surface area contributed by atoms with Crippen molar-refractivity contribution in [1.82, 2.24) is 15.2 Å². The van der Waals surface area contributed by atoms with E-state index in [9.17, 15) is 14.7 Å². The summed E-state index contributed by atoms with van der Waals surface area (Å²) in [6, 6.07) is 14.8. The quantitative estimate of drug-likeness (QED) is 0.491. The zero-order valence-electron chi connectivity index (χ0n) is 19.5. The van der Waals surface area contributed by atoms with Gasteiger partial charge in [-0.25, -0.2) is 4.79 Å². The van der Waals surface area contributed by atoms with Crippen molar-refractivity contribution in [3.8, 4) is 5.69 Å². The van der Waals surface area contributed by atoms with Gasteiger partial charge in [0.1, 0.15) is 0 Å². The Balaban J connectivity index is 1.22. The minimum atomic E-state index is -0.550. The first-order chi connectivity index (χ1) is 16.9. The Morgan fingerprint density at radius 2 is 1.97 bits per heavy atom. The Kier molecular flexibility index (Phi) is 5.61. The van der Waals surface area contributed by atoms with Crippen molar-refractivity contribution in [1.29, 1.82) is 0 Å². The number of hydrogen-bond acceptors (Lipinski definition) is 3. The minimum Gasteiger partial charge on any atom is -0.390 e. The second-order valence-corrected chi connectivity index (χ2v) is 11.2. The molecule has 2 aromatic carbocycles. The highest BCUT2D eigenvalue weighted by Crippen LogP contribution is 2.54. The van der Waals surface area contributed by atoms with Crippen molar-refractivity contribution in [3.05, 3.63) is 75.5 Å². The first-order valence-electron chi connectivity index (χ1n) is 12.5. The van der Waals surface area contributed by atoms with Crippen molar-refractivity contribution in [3.63, 3.8) is 0 Å². The maximum atomic E-state index is 13.2. The molecule has 6 rings (SSSR count). The molecule has 7 heteroatoms. The lowest BCUT2D eigenvalue weighted by Gasteiger charge is -2.35. The zero-order chi connectivity index (χ0) is 24.2. The summed E-state index contributed by atoms with van der Waals surface area (Å²) in [6.45, 7) is 0.128. The summed E-state index contributed by atoms with van der Waals surface area (Å²) < 4.78 is 1.94. The van der Waals surface area contributed by atoms with E-state index in [1.165, 1.54) is 6.42 Å². The van der Waals surface area contributed by atoms with E-state index >= 15 is 0 Å². The fraction of sp³-hybridized carbons (Fsp3) is 0.429. The van der Waals surface area contributed by atoms with E-state index in [-0.39, 0.29) is 24.0 Å². The van der Waals surface area contributed by atoms with Gasteiger partial charge < -0.3 is 20.3 Å². The van der Waals surface area contributed by atoms with Gasteiger partial charge in [0.2, 0.25) is 0 Å². The molecule has 0 radical (unpaired) electrons. The van der Waals surface area contributed by atoms with Crippen LogP contribution in [-0.2, 0) is 6.54 Å². The number of benzene rings is 2. The lowest BCUT2D eigenvalue weighted by atomic mass is 9.76. The Morgan fingerprint density at radius 3 is 2.80 bits per heavy atom. The van der Waals surface area contributed by atoms with Gasteiger partial charge in [0.15, 0.2) is 5.43 Å². The number of pyridine rings is 1. The summed E-state index contributed by atoms with van der Waals surface area (Å²) >= 11 is 6.24. The van der Waals surface area contributed by atoms with Crippen molar-refractivity contribution in [2.75, 3.05) is 0 Å². The summed E-state index contributed by atoms with van der Waals surface area (Å²) in [7, 11) is 0. The van der Waals surface area contributed by atoms with Crippen molar-refractivity contribution < 1.29 is 9.90 Å². The first-order valence-corrected chi connectivity index (χ1v) is 12.9. The lowest BCUT2D eigenvalue weighted by Crippen LogP contribution is -2.46. The number of nitrogens with zero attached hydrogens (tertiary/aromatic N) is 1. The lowest BCUT2D eigenvalue weighted by molar-refractivity contribution is -0.0247. The molecule has 0 spiro atoms. The number of carbonyl (C=O) groups excluding carboxylic acids is 1. The van der Waals surface area contributed by atoms with Crippen LogP contribution in [0.15, 0.2) is 59.5 Å². The third-order valence-corrected chi connectivity index (χ3v) is 8.66. The fourth-order valence-corrected chi connectivity index (χ4v) is 7.14. The van der Waals surface area contributed by atoms with Crippen molar-refractivity contribution in [2.45, 2.75) is 56.7 Å². The third-order valence-electron chi connectivity index (χ3n) is 8.43. The van der Waals surface area contributed by atoms with Gasteiger partial charge in [-0.15, -0.1) is 0 Å². The molecule has 3 aliphatic carbocycles. The average Bonchev–Trinajstić information content (AvgIpc) is 3.11. The van der Waals surface area contributed by atoms with Crippen LogP contribution in [0.5, 0.6) is 0 Å². The van der Waals surface area contributed by atoms with Crippen molar-refractivity contribution >= 4 is 28.5 Å². The molecule has 3 unspecified atom stereocenters. The van der Waals surface area contributed by atoms with E-state index in [0.29, 0.717) is 33.7 Å². The van der Waals surface area contributed by atoms with E-state index in [0.717, 1.165) is 43.3 Å². The number of aliphatic hydroxyl groups is 1. The van der Waals surface area contributed by atoms with E-state index in [4.69, 9.17) is 11.6 Å². The van der Waals surface area contributed by atoms with Crippen LogP contribution in [0.3, 0.4) is 0 Å². The van der Waals surface area contributed by atoms with E-state index in [1.54, 1.807) is 24.4 Å². The van der Waals surface area contributed by atoms with Crippen LogP contribution in [-0.4, -0.2) is 27.3 Å². The first kappa shape index (κ1) is 22.6. The van der Waals surface area contributed by atoms with Gasteiger partial charge in [-0.05, 0) is 86.6 Å². The molecule has 3 aliphatic rings. The van der Waals surface area contributed by atoms with E-state index in [1.807, 2.05) is 34.9 Å². The number of hydrogen-bond donors (Lipinski definition) is 3. The number of halogens is 1. The van der Waals surface area contributed by atoms with Gasteiger partial charge in [0, 0.05) is 40.4 Å². The second kappa shape index (κ2) is 8.68. The molecule has 3 bridgehead atoms. The zero-order valence-corrected chi connectivity index (χ0v) is 20.3. The molecule has 0 aliphatic heterocycles. The number of amides is 2. The molecule has 3 saturated carbocycles. The Morgan fingerprint density at radius 1 is 1.14 bits per heavy atom. The van der Waals surface area contributed by atoms with Gasteiger partial charge in [0.05, 0.1) is 11.1 Å². The molecule has 2 amide bonds. The molecule has 6 nitrogen and oxygen atoms in total. The van der Waals surface area contributed by atoms with Gasteiger partial charge in [0.25, 0.3) is 0 Å². The largest absolute Gasteiger partial charge is 0.390 e. The normalized spacial score (nSPS) is 29.2. The average molecular weight is 492 g/mol. The molecule has 35 heavy (non-hydrogen) atoms. The second-order valence-electron chi connectivity index (χ2n) is 10.7. The summed E-state index contributed by atoms with van der Waals surface area (Å²) in [5, 5.41) is 18.2. The Bertz CT molecular complexity index is 1340. The fourth-order valence-electron chi connectivity index (χ4n) is 6.98. The number of fused-ring (bicyclic) bond motifs is 3. The maximum absolute atomic E-state index is 13.2. The summed E-state index contributed by atoms with van der Waals surface area (Å²) in [4.78, 5) is 26.2. The summed E-state index contributed by atoms with van der Waals surface area (Å²) in [5.74, 6) is 1.51. The predicted molar refractivity (Wildman–Crippen MR) is 137 cm³/mol. The molecule has 3 aromatic rings. The van der Waals surface area contributed by atoms with Crippen LogP contribution in [0.25, 0.3) is 16.6 Å². The van der Waals surface area contributed by atoms with Crippen LogP contribution in [0.4, 0.5) is 4.79 Å². The molecule has 182 valence electrons. The predicted octanol–water partition coefficient (Wildman–Crippen LogP) is 4.77. The molecular weight excluding hydrogens is 462 g/mol. The maximum Gasteiger partial charge on any atom is 0.315 e. The molecular formula is C28H30ClN3O3. The van der Waals surface area contributed by atoms with E-state index < -0.39 is 5.60 Å². The summed E-state index contributed by atoms with van der Waals surface area (Å²) in [6.07, 6.45) is 7.39. The molecule has 3 fully saturated rings. The highest BCUT2D eigenvalue weighted by molar-refractivity contribution is 6.31. The van der Waals surface area contributed by atoms with Gasteiger partial charge in [-0.2, -0.15) is 0 Å². The van der Waals surface area contributed by atoms with Gasteiger partial charge in [-0.3, -0.25) is 4.79 Å².